The summed E-state index contributed by atoms with van der Waals surface area (Å²) >= 11 is 0. The van der Waals surface area contributed by atoms with Crippen LogP contribution in [0.4, 0.5) is 0 Å². The molecule has 1 aromatic carbocycles. The van der Waals surface area contributed by atoms with Gasteiger partial charge in [0.05, 0.1) is 10.9 Å². The van der Waals surface area contributed by atoms with Gasteiger partial charge >= 0.3 is 11.4 Å². The van der Waals surface area contributed by atoms with Crippen molar-refractivity contribution >= 4 is 17.0 Å². The molecule has 0 saturated carbocycles. The van der Waals surface area contributed by atoms with Crippen molar-refractivity contribution < 1.29 is 4.42 Å². The Labute approximate surface area is 90.2 Å². The van der Waals surface area contributed by atoms with Crippen molar-refractivity contribution in [2.24, 2.45) is 5.73 Å². The van der Waals surface area contributed by atoms with Crippen LogP contribution in [0, 0.1) is 0 Å². The van der Waals surface area contributed by atoms with Crippen LogP contribution in [0.15, 0.2) is 38.3 Å². The number of benzene rings is 1. The Morgan fingerprint density at radius 3 is 2.94 bits per heavy atom. The minimum atomic E-state index is -0.752. The SMILES string of the molecule is NCC=Cc1cccc2[nH]c(=O)oc(=O)c12. The van der Waals surface area contributed by atoms with Gasteiger partial charge in [-0.25, -0.2) is 9.59 Å². The Morgan fingerprint density at radius 2 is 2.19 bits per heavy atom. The summed E-state index contributed by atoms with van der Waals surface area (Å²) in [5.41, 5.74) is 5.83. The Kier molecular flexibility index (Phi) is 2.70. The van der Waals surface area contributed by atoms with Crippen molar-refractivity contribution in [2.75, 3.05) is 6.54 Å². The molecule has 0 saturated heterocycles. The zero-order valence-corrected chi connectivity index (χ0v) is 8.40. The number of aromatic amines is 1. The zero-order chi connectivity index (χ0) is 11.5. The van der Waals surface area contributed by atoms with Crippen LogP contribution in [-0.2, 0) is 0 Å². The second-order valence-corrected chi connectivity index (χ2v) is 3.21. The van der Waals surface area contributed by atoms with E-state index in [-0.39, 0.29) is 0 Å². The topological polar surface area (TPSA) is 89.1 Å². The van der Waals surface area contributed by atoms with E-state index in [1.165, 1.54) is 0 Å². The van der Waals surface area contributed by atoms with E-state index in [9.17, 15) is 9.59 Å². The number of aromatic nitrogens is 1. The summed E-state index contributed by atoms with van der Waals surface area (Å²) in [6, 6.07) is 5.14. The highest BCUT2D eigenvalue weighted by Crippen LogP contribution is 2.13. The van der Waals surface area contributed by atoms with Crippen molar-refractivity contribution in [1.29, 1.82) is 0 Å². The maximum Gasteiger partial charge on any atom is 0.419 e. The molecule has 82 valence electrons. The van der Waals surface area contributed by atoms with Gasteiger partial charge in [0.15, 0.2) is 0 Å². The maximum atomic E-state index is 11.5. The largest absolute Gasteiger partial charge is 0.419 e. The normalized spacial score (nSPS) is 11.3. The Hall–Kier alpha value is -2.14. The van der Waals surface area contributed by atoms with Gasteiger partial charge < -0.3 is 10.2 Å². The van der Waals surface area contributed by atoms with Gasteiger partial charge in [-0.1, -0.05) is 24.3 Å². The van der Waals surface area contributed by atoms with Crippen LogP contribution in [0.2, 0.25) is 0 Å². The number of hydrogen-bond acceptors (Lipinski definition) is 4. The minimum absolute atomic E-state index is 0.354. The van der Waals surface area contributed by atoms with Gasteiger partial charge in [0, 0.05) is 6.54 Å². The second-order valence-electron chi connectivity index (χ2n) is 3.21. The standard InChI is InChI=1S/C11H10N2O3/c12-6-2-4-7-3-1-5-8-9(7)10(14)16-11(15)13-8/h1-5H,6,12H2,(H,13,15). The fourth-order valence-electron chi connectivity index (χ4n) is 1.51. The lowest BCUT2D eigenvalue weighted by Gasteiger charge is -1.99. The number of fused-ring (bicyclic) bond motifs is 1. The average molecular weight is 218 g/mol. The van der Waals surface area contributed by atoms with Crippen LogP contribution < -0.4 is 17.1 Å². The van der Waals surface area contributed by atoms with Gasteiger partial charge in [-0.15, -0.1) is 0 Å². The average Bonchev–Trinajstić information content (AvgIpc) is 2.25. The molecule has 2 rings (SSSR count). The first-order valence-corrected chi connectivity index (χ1v) is 4.75. The van der Waals surface area contributed by atoms with Crippen LogP contribution in [0.25, 0.3) is 17.0 Å². The number of nitrogens with one attached hydrogen (secondary N) is 1. The highest BCUT2D eigenvalue weighted by Gasteiger charge is 2.05. The number of nitrogens with two attached hydrogens (primary N) is 1. The first kappa shape index (κ1) is 10.4. The molecule has 0 aliphatic heterocycles. The highest BCUT2D eigenvalue weighted by atomic mass is 16.4. The molecule has 0 atom stereocenters. The fourth-order valence-corrected chi connectivity index (χ4v) is 1.51. The molecular formula is C11H10N2O3. The van der Waals surface area contributed by atoms with Gasteiger partial charge in [0.1, 0.15) is 0 Å². The van der Waals surface area contributed by atoms with E-state index in [1.54, 1.807) is 30.4 Å². The summed E-state index contributed by atoms with van der Waals surface area (Å²) in [4.78, 5) is 25.0. The van der Waals surface area contributed by atoms with Gasteiger partial charge in [0.2, 0.25) is 0 Å². The summed E-state index contributed by atoms with van der Waals surface area (Å²) in [6.45, 7) is 0.380. The Morgan fingerprint density at radius 1 is 1.38 bits per heavy atom. The Balaban J connectivity index is 2.82. The van der Waals surface area contributed by atoms with Gasteiger partial charge in [-0.05, 0) is 11.6 Å². The number of hydrogen-bond donors (Lipinski definition) is 2. The summed E-state index contributed by atoms with van der Waals surface area (Å²) < 4.78 is 4.48. The predicted octanol–water partition coefficient (Wildman–Crippen LogP) is 0.453. The summed E-state index contributed by atoms with van der Waals surface area (Å²) in [7, 11) is 0. The molecule has 0 unspecified atom stereocenters. The molecular weight excluding hydrogens is 208 g/mol. The van der Waals surface area contributed by atoms with E-state index in [0.29, 0.717) is 23.0 Å². The monoisotopic (exact) mass is 218 g/mol. The number of H-pyrrole nitrogens is 1. The lowest BCUT2D eigenvalue weighted by molar-refractivity contribution is 0.460. The van der Waals surface area contributed by atoms with Crippen LogP contribution in [-0.4, -0.2) is 11.5 Å². The molecule has 16 heavy (non-hydrogen) atoms. The molecule has 3 N–H and O–H groups in total. The second kappa shape index (κ2) is 4.16. The third kappa shape index (κ3) is 1.80. The molecule has 2 aromatic rings. The molecule has 0 aliphatic carbocycles. The maximum absolute atomic E-state index is 11.5. The van der Waals surface area contributed by atoms with Crippen molar-refractivity contribution in [2.45, 2.75) is 0 Å². The summed E-state index contributed by atoms with van der Waals surface area (Å²) in [5, 5.41) is 0.354. The van der Waals surface area contributed by atoms with Crippen LogP contribution >= 0.6 is 0 Å². The van der Waals surface area contributed by atoms with Gasteiger partial charge in [0.25, 0.3) is 0 Å². The molecule has 0 aliphatic rings. The van der Waals surface area contributed by atoms with Gasteiger partial charge in [-0.3, -0.25) is 4.98 Å². The van der Waals surface area contributed by atoms with Crippen LogP contribution in [0.5, 0.6) is 0 Å². The molecule has 1 heterocycles. The predicted molar refractivity (Wildman–Crippen MR) is 61.2 cm³/mol. The lowest BCUT2D eigenvalue weighted by atomic mass is 10.1. The molecule has 0 radical (unpaired) electrons. The van der Waals surface area contributed by atoms with E-state index < -0.39 is 11.4 Å². The Bertz CT molecular complexity index is 652. The van der Waals surface area contributed by atoms with Crippen molar-refractivity contribution in [3.05, 3.63) is 50.8 Å². The molecule has 0 bridgehead atoms. The van der Waals surface area contributed by atoms with E-state index in [0.717, 1.165) is 0 Å². The smallest absolute Gasteiger partial charge is 0.372 e. The van der Waals surface area contributed by atoms with Crippen LogP contribution in [0.1, 0.15) is 5.56 Å². The van der Waals surface area contributed by atoms with E-state index in [2.05, 4.69) is 9.40 Å². The third-order valence-electron chi connectivity index (χ3n) is 2.16. The fraction of sp³-hybridized carbons (Fsp3) is 0.0909. The molecule has 5 nitrogen and oxygen atoms in total. The highest BCUT2D eigenvalue weighted by molar-refractivity contribution is 5.86. The summed E-state index contributed by atoms with van der Waals surface area (Å²) in [5.74, 6) is -0.752. The quantitative estimate of drug-likeness (QED) is 0.766. The van der Waals surface area contributed by atoms with E-state index >= 15 is 0 Å². The molecule has 5 heteroatoms. The van der Waals surface area contributed by atoms with Crippen molar-refractivity contribution in [1.82, 2.24) is 4.98 Å². The molecule has 0 amide bonds. The zero-order valence-electron chi connectivity index (χ0n) is 8.40. The number of rotatable bonds is 2. The van der Waals surface area contributed by atoms with E-state index in [4.69, 9.17) is 5.73 Å². The molecule has 0 spiro atoms. The molecule has 0 fully saturated rings. The third-order valence-corrected chi connectivity index (χ3v) is 2.16. The van der Waals surface area contributed by atoms with Gasteiger partial charge in [-0.2, -0.15) is 0 Å². The first-order valence-electron chi connectivity index (χ1n) is 4.75. The van der Waals surface area contributed by atoms with E-state index in [1.807, 2.05) is 0 Å². The molecule has 1 aromatic heterocycles. The van der Waals surface area contributed by atoms with Crippen molar-refractivity contribution in [3.63, 3.8) is 0 Å². The van der Waals surface area contributed by atoms with Crippen LogP contribution in [0.3, 0.4) is 0 Å². The first-order chi connectivity index (χ1) is 7.72. The lowest BCUT2D eigenvalue weighted by Crippen LogP contribution is -2.15. The van der Waals surface area contributed by atoms with Crippen molar-refractivity contribution in [3.8, 4) is 0 Å². The summed E-state index contributed by atoms with van der Waals surface area (Å²) in [6.07, 6.45) is 3.44. The minimum Gasteiger partial charge on any atom is -0.372 e.